The Bertz CT molecular complexity index is 1930. The normalized spacial score (nSPS) is 16.4. The maximum absolute atomic E-state index is 13.1. The van der Waals surface area contributed by atoms with Crippen LogP contribution >= 0.6 is 11.3 Å². The molecular weight excluding hydrogens is 576 g/mol. The Morgan fingerprint density at radius 3 is 2.66 bits per heavy atom. The van der Waals surface area contributed by atoms with E-state index in [2.05, 4.69) is 21.5 Å². The third-order valence-corrected chi connectivity index (χ3v) is 9.91. The van der Waals surface area contributed by atoms with Gasteiger partial charge in [0.15, 0.2) is 5.58 Å². The van der Waals surface area contributed by atoms with E-state index in [1.807, 2.05) is 23.6 Å². The van der Waals surface area contributed by atoms with Crippen molar-refractivity contribution in [3.05, 3.63) is 63.1 Å². The molecule has 0 bridgehead atoms. The Hall–Kier alpha value is -4.29. The first-order valence-corrected chi connectivity index (χ1v) is 16.1. The van der Waals surface area contributed by atoms with Gasteiger partial charge in [-0.15, -0.1) is 11.3 Å². The lowest BCUT2D eigenvalue weighted by Gasteiger charge is -2.30. The lowest BCUT2D eigenvalue weighted by molar-refractivity contribution is -0.880. The molecule has 0 aromatic carbocycles. The average molecular weight is 614 g/mol. The second kappa shape index (κ2) is 11.3. The summed E-state index contributed by atoms with van der Waals surface area (Å²) in [5.41, 5.74) is 10.7. The minimum Gasteiger partial charge on any atom is -0.439 e. The third kappa shape index (κ3) is 5.11. The van der Waals surface area contributed by atoms with Crippen LogP contribution in [-0.4, -0.2) is 77.6 Å². The van der Waals surface area contributed by atoms with E-state index < -0.39 is 0 Å². The molecule has 1 saturated heterocycles. The van der Waals surface area contributed by atoms with Gasteiger partial charge in [-0.1, -0.05) is 18.9 Å². The number of aromatic nitrogens is 4. The lowest BCUT2D eigenvalue weighted by Crippen LogP contribution is -3.12. The van der Waals surface area contributed by atoms with E-state index in [0.717, 1.165) is 74.0 Å². The molecule has 0 spiro atoms. The van der Waals surface area contributed by atoms with Gasteiger partial charge in [0.25, 0.3) is 5.91 Å². The van der Waals surface area contributed by atoms with Gasteiger partial charge in [0, 0.05) is 55.2 Å². The van der Waals surface area contributed by atoms with Gasteiger partial charge >= 0.3 is 0 Å². The number of fused-ring (bicyclic) bond motifs is 2. The Kier molecular flexibility index (Phi) is 7.33. The van der Waals surface area contributed by atoms with Gasteiger partial charge in [-0.2, -0.15) is 0 Å². The van der Waals surface area contributed by atoms with E-state index in [1.54, 1.807) is 31.3 Å². The molecule has 7 rings (SSSR count). The van der Waals surface area contributed by atoms with Crippen LogP contribution in [0, 0.1) is 0 Å². The SMILES string of the molecule is CN(C)C(=O)c1cc2cnc(Cc3ccc(-c4csc5c(=O)cc(N6CC[NH+](C)CC6)oc45)nc3N)nc2n1C1CCCC1. The largest absolute Gasteiger partial charge is 0.439 e. The summed E-state index contributed by atoms with van der Waals surface area (Å²) in [6.07, 6.45) is 6.55. The van der Waals surface area contributed by atoms with E-state index in [4.69, 9.17) is 20.1 Å². The topological polar surface area (TPSA) is 128 Å². The summed E-state index contributed by atoms with van der Waals surface area (Å²) < 4.78 is 9.03. The van der Waals surface area contributed by atoms with E-state index in [-0.39, 0.29) is 17.4 Å². The van der Waals surface area contributed by atoms with Crippen LogP contribution in [-0.2, 0) is 6.42 Å². The molecule has 6 heterocycles. The van der Waals surface area contributed by atoms with Crippen LogP contribution in [0.5, 0.6) is 0 Å². The number of carbonyl (C=O) groups is 1. The number of likely N-dealkylation sites (N-methyl/N-ethyl adjacent to an activating group) is 1. The number of anilines is 2. The molecule has 0 unspecified atom stereocenters. The van der Waals surface area contributed by atoms with Crippen LogP contribution in [0.4, 0.5) is 11.7 Å². The maximum atomic E-state index is 13.1. The number of thiophene rings is 1. The molecule has 44 heavy (non-hydrogen) atoms. The predicted molar refractivity (Wildman–Crippen MR) is 173 cm³/mol. The molecule has 1 saturated carbocycles. The van der Waals surface area contributed by atoms with Gasteiger partial charge < -0.3 is 29.4 Å². The van der Waals surface area contributed by atoms with Crippen molar-refractivity contribution in [2.45, 2.75) is 38.1 Å². The Balaban J connectivity index is 1.20. The highest BCUT2D eigenvalue weighted by Crippen LogP contribution is 2.36. The van der Waals surface area contributed by atoms with E-state index >= 15 is 0 Å². The number of nitrogens with two attached hydrogens (primary N) is 1. The first-order valence-electron chi connectivity index (χ1n) is 15.2. The molecule has 5 aromatic heterocycles. The van der Waals surface area contributed by atoms with Crippen molar-refractivity contribution < 1.29 is 14.1 Å². The molecule has 2 fully saturated rings. The monoisotopic (exact) mass is 613 g/mol. The number of nitrogens with one attached hydrogen (secondary N) is 1. The fourth-order valence-corrected chi connectivity index (χ4v) is 7.30. The van der Waals surface area contributed by atoms with Crippen molar-refractivity contribution in [2.75, 3.05) is 58.0 Å². The van der Waals surface area contributed by atoms with Crippen molar-refractivity contribution in [2.24, 2.45) is 0 Å². The molecule has 12 heteroatoms. The lowest BCUT2D eigenvalue weighted by atomic mass is 10.1. The number of rotatable bonds is 6. The number of carbonyl (C=O) groups excluding carboxylic acids is 1. The Morgan fingerprint density at radius 2 is 1.93 bits per heavy atom. The zero-order valence-electron chi connectivity index (χ0n) is 25.3. The van der Waals surface area contributed by atoms with Crippen LogP contribution in [0.3, 0.4) is 0 Å². The zero-order valence-corrected chi connectivity index (χ0v) is 26.1. The number of piperazine rings is 1. The minimum atomic E-state index is -0.0429. The fraction of sp³-hybridized carbons (Fsp3) is 0.406. The molecule has 3 N–H and O–H groups in total. The zero-order chi connectivity index (χ0) is 30.5. The van der Waals surface area contributed by atoms with Crippen molar-refractivity contribution in [1.29, 1.82) is 0 Å². The highest BCUT2D eigenvalue weighted by molar-refractivity contribution is 7.17. The number of quaternary nitrogens is 1. The van der Waals surface area contributed by atoms with Crippen LogP contribution < -0.4 is 21.0 Å². The molecule has 11 nitrogen and oxygen atoms in total. The molecule has 5 aromatic rings. The van der Waals surface area contributed by atoms with Gasteiger partial charge in [0.1, 0.15) is 27.7 Å². The molecule has 1 aliphatic heterocycles. The van der Waals surface area contributed by atoms with Crippen LogP contribution in [0.1, 0.15) is 53.6 Å². The summed E-state index contributed by atoms with van der Waals surface area (Å²) >= 11 is 1.36. The third-order valence-electron chi connectivity index (χ3n) is 8.94. The smallest absolute Gasteiger partial charge is 0.270 e. The van der Waals surface area contributed by atoms with E-state index in [1.165, 1.54) is 16.2 Å². The van der Waals surface area contributed by atoms with Gasteiger partial charge in [-0.05, 0) is 25.0 Å². The molecule has 2 aliphatic rings. The number of hydrogen-bond donors (Lipinski definition) is 2. The highest BCUT2D eigenvalue weighted by Gasteiger charge is 2.27. The molecule has 1 amide bonds. The fourth-order valence-electron chi connectivity index (χ4n) is 6.40. The summed E-state index contributed by atoms with van der Waals surface area (Å²) in [6.45, 7) is 3.67. The Morgan fingerprint density at radius 1 is 1.16 bits per heavy atom. The average Bonchev–Trinajstić information content (AvgIpc) is 3.77. The van der Waals surface area contributed by atoms with Gasteiger partial charge in [0.05, 0.1) is 44.5 Å². The van der Waals surface area contributed by atoms with Crippen molar-refractivity contribution in [3.8, 4) is 11.3 Å². The summed E-state index contributed by atoms with van der Waals surface area (Å²) in [7, 11) is 5.72. The van der Waals surface area contributed by atoms with E-state index in [9.17, 15) is 9.59 Å². The van der Waals surface area contributed by atoms with Gasteiger partial charge in [-0.25, -0.2) is 15.0 Å². The van der Waals surface area contributed by atoms with Crippen molar-refractivity contribution >= 4 is 50.3 Å². The predicted octanol–water partition coefficient (Wildman–Crippen LogP) is 2.99. The number of nitrogen functional groups attached to an aromatic ring is 1. The maximum Gasteiger partial charge on any atom is 0.270 e. The standard InChI is InChI=1S/C32H36N8O3S/c1-37(2)32(42)24-14-20-17-34-26(36-31(20)40(24)21-6-4-5-7-21)15-19-8-9-23(35-30(19)33)22-18-44-29-25(41)16-27(43-28(22)29)39-12-10-38(3)11-13-39/h8-9,14,16-18,21H,4-7,10-13,15H2,1-3H3,(H2,33,35)/p+1. The van der Waals surface area contributed by atoms with Crippen LogP contribution in [0.2, 0.25) is 0 Å². The summed E-state index contributed by atoms with van der Waals surface area (Å²) in [4.78, 5) is 45.6. The summed E-state index contributed by atoms with van der Waals surface area (Å²) in [5, 5.41) is 2.77. The number of pyridine rings is 1. The minimum absolute atomic E-state index is 0.0334. The summed E-state index contributed by atoms with van der Waals surface area (Å²) in [5.74, 6) is 1.56. The van der Waals surface area contributed by atoms with Gasteiger partial charge in [-0.3, -0.25) is 9.59 Å². The Labute approximate surface area is 258 Å². The molecular formula is C32H37N8O3S+. The highest BCUT2D eigenvalue weighted by atomic mass is 32.1. The second-order valence-electron chi connectivity index (χ2n) is 12.2. The molecule has 0 radical (unpaired) electrons. The summed E-state index contributed by atoms with van der Waals surface area (Å²) in [6, 6.07) is 7.61. The first kappa shape index (κ1) is 28.5. The van der Waals surface area contributed by atoms with Gasteiger partial charge in [0.2, 0.25) is 11.3 Å². The molecule has 1 aliphatic carbocycles. The first-order chi connectivity index (χ1) is 21.3. The molecule has 228 valence electrons. The molecule has 0 atom stereocenters. The quantitative estimate of drug-likeness (QED) is 0.299. The van der Waals surface area contributed by atoms with Crippen molar-refractivity contribution in [3.63, 3.8) is 0 Å². The van der Waals surface area contributed by atoms with E-state index in [0.29, 0.717) is 45.6 Å². The number of amides is 1. The number of hydrogen-bond acceptors (Lipinski definition) is 9. The number of nitrogens with zero attached hydrogens (tertiary/aromatic N) is 6. The van der Waals surface area contributed by atoms with Crippen LogP contribution in [0.15, 0.2) is 45.1 Å². The second-order valence-corrected chi connectivity index (χ2v) is 13.1. The van der Waals surface area contributed by atoms with Crippen LogP contribution in [0.25, 0.3) is 32.6 Å². The van der Waals surface area contributed by atoms with Crippen molar-refractivity contribution in [1.82, 2.24) is 24.4 Å².